The van der Waals surface area contributed by atoms with E-state index >= 15 is 0 Å². The number of hydrogen-bond acceptors (Lipinski definition) is 4. The highest BCUT2D eigenvalue weighted by atomic mass is 16.5. The van der Waals surface area contributed by atoms with Crippen LogP contribution in [0, 0.1) is 6.92 Å². The van der Waals surface area contributed by atoms with Crippen molar-refractivity contribution in [3.8, 4) is 0 Å². The van der Waals surface area contributed by atoms with Crippen LogP contribution >= 0.6 is 0 Å². The number of anilines is 1. The first-order valence-corrected chi connectivity index (χ1v) is 8.74. The Morgan fingerprint density at radius 3 is 2.83 bits per heavy atom. The summed E-state index contributed by atoms with van der Waals surface area (Å²) in [7, 11) is 0. The Morgan fingerprint density at radius 2 is 1.96 bits per heavy atom. The van der Waals surface area contributed by atoms with Gasteiger partial charge in [0, 0.05) is 37.6 Å². The lowest BCUT2D eigenvalue weighted by Gasteiger charge is -2.41. The van der Waals surface area contributed by atoms with E-state index in [0.29, 0.717) is 6.04 Å². The lowest BCUT2D eigenvalue weighted by molar-refractivity contribution is 0.0137. The molecule has 0 aliphatic carbocycles. The second-order valence-electron chi connectivity index (χ2n) is 6.70. The topological polar surface area (TPSA) is 28.6 Å². The monoisotopic (exact) mass is 311 g/mol. The number of para-hydroxylation sites is 1. The third kappa shape index (κ3) is 3.06. The first kappa shape index (κ1) is 14.9. The summed E-state index contributed by atoms with van der Waals surface area (Å²) in [5.74, 6) is 1.14. The highest BCUT2D eigenvalue weighted by Crippen LogP contribution is 2.26. The Balaban J connectivity index is 1.57. The Labute approximate surface area is 138 Å². The van der Waals surface area contributed by atoms with Gasteiger partial charge in [-0.25, -0.2) is 4.98 Å². The van der Waals surface area contributed by atoms with E-state index in [1.807, 2.05) is 0 Å². The molecule has 2 saturated heterocycles. The van der Waals surface area contributed by atoms with Crippen LogP contribution in [0.4, 0.5) is 5.82 Å². The van der Waals surface area contributed by atoms with Crippen molar-refractivity contribution in [2.24, 2.45) is 0 Å². The molecule has 2 aliphatic heterocycles. The average molecular weight is 311 g/mol. The number of fused-ring (bicyclic) bond motifs is 1. The predicted molar refractivity (Wildman–Crippen MR) is 94.1 cm³/mol. The van der Waals surface area contributed by atoms with Crippen LogP contribution in [-0.4, -0.2) is 55.3 Å². The number of aryl methyl sites for hydroxylation is 1. The number of morpholine rings is 1. The van der Waals surface area contributed by atoms with Crippen LogP contribution in [0.5, 0.6) is 0 Å². The molecule has 122 valence electrons. The van der Waals surface area contributed by atoms with Crippen LogP contribution in [-0.2, 0) is 4.74 Å². The highest BCUT2D eigenvalue weighted by molar-refractivity contribution is 5.83. The molecule has 3 heterocycles. The summed E-state index contributed by atoms with van der Waals surface area (Å²) < 4.78 is 5.50. The zero-order valence-electron chi connectivity index (χ0n) is 13.9. The molecule has 0 spiro atoms. The predicted octanol–water partition coefficient (Wildman–Crippen LogP) is 2.84. The SMILES string of the molecule is Cc1cc(N2CCCC(N3CCOCC3)C2)nc2ccccc12. The molecule has 23 heavy (non-hydrogen) atoms. The summed E-state index contributed by atoms with van der Waals surface area (Å²) in [6.45, 7) is 8.30. The first-order valence-electron chi connectivity index (χ1n) is 8.74. The molecule has 1 aromatic heterocycles. The minimum absolute atomic E-state index is 0.640. The molecule has 0 bridgehead atoms. The Kier molecular flexibility index (Phi) is 4.19. The number of pyridine rings is 1. The fraction of sp³-hybridized carbons (Fsp3) is 0.526. The van der Waals surface area contributed by atoms with E-state index in [2.05, 4.69) is 47.1 Å². The van der Waals surface area contributed by atoms with E-state index in [1.54, 1.807) is 0 Å². The summed E-state index contributed by atoms with van der Waals surface area (Å²) in [4.78, 5) is 10.00. The van der Waals surface area contributed by atoms with Gasteiger partial charge in [0.25, 0.3) is 0 Å². The molecule has 1 unspecified atom stereocenters. The fourth-order valence-electron chi connectivity index (χ4n) is 3.90. The van der Waals surface area contributed by atoms with Gasteiger partial charge < -0.3 is 9.64 Å². The number of ether oxygens (including phenoxy) is 1. The number of nitrogens with zero attached hydrogens (tertiary/aromatic N) is 3. The molecule has 2 aromatic rings. The van der Waals surface area contributed by atoms with Gasteiger partial charge in [-0.05, 0) is 37.5 Å². The Hall–Kier alpha value is -1.65. The standard InChI is InChI=1S/C19H25N3O/c1-15-13-19(20-18-7-3-2-6-17(15)18)22-8-4-5-16(14-22)21-9-11-23-12-10-21/h2-3,6-7,13,16H,4-5,8-12,14H2,1H3. The van der Waals surface area contributed by atoms with E-state index in [-0.39, 0.29) is 0 Å². The average Bonchev–Trinajstić information content (AvgIpc) is 2.62. The minimum atomic E-state index is 0.640. The van der Waals surface area contributed by atoms with E-state index in [4.69, 9.17) is 9.72 Å². The van der Waals surface area contributed by atoms with Gasteiger partial charge in [-0.2, -0.15) is 0 Å². The molecule has 0 N–H and O–H groups in total. The van der Waals surface area contributed by atoms with Crippen LogP contribution in [0.3, 0.4) is 0 Å². The quantitative estimate of drug-likeness (QED) is 0.853. The van der Waals surface area contributed by atoms with Crippen molar-refractivity contribution in [1.82, 2.24) is 9.88 Å². The van der Waals surface area contributed by atoms with Gasteiger partial charge in [0.15, 0.2) is 0 Å². The smallest absolute Gasteiger partial charge is 0.129 e. The van der Waals surface area contributed by atoms with Gasteiger partial charge in [0.2, 0.25) is 0 Å². The van der Waals surface area contributed by atoms with Crippen LogP contribution in [0.25, 0.3) is 10.9 Å². The van der Waals surface area contributed by atoms with E-state index in [1.165, 1.54) is 23.8 Å². The van der Waals surface area contributed by atoms with Crippen LogP contribution < -0.4 is 4.90 Å². The molecular formula is C19H25N3O. The highest BCUT2D eigenvalue weighted by Gasteiger charge is 2.27. The number of rotatable bonds is 2. The lowest BCUT2D eigenvalue weighted by Crippen LogP contribution is -2.51. The summed E-state index contributed by atoms with van der Waals surface area (Å²) in [6, 6.07) is 11.3. The molecule has 1 aromatic carbocycles. The zero-order chi connectivity index (χ0) is 15.6. The maximum absolute atomic E-state index is 5.50. The molecule has 4 rings (SSSR count). The van der Waals surface area contributed by atoms with Crippen molar-refractivity contribution in [2.45, 2.75) is 25.8 Å². The Bertz CT molecular complexity index is 681. The largest absolute Gasteiger partial charge is 0.379 e. The summed E-state index contributed by atoms with van der Waals surface area (Å²) in [6.07, 6.45) is 2.54. The molecular weight excluding hydrogens is 286 g/mol. The second-order valence-corrected chi connectivity index (χ2v) is 6.70. The summed E-state index contributed by atoms with van der Waals surface area (Å²) >= 11 is 0. The normalized spacial score (nSPS) is 23.3. The fourth-order valence-corrected chi connectivity index (χ4v) is 3.90. The molecule has 2 fully saturated rings. The van der Waals surface area contributed by atoms with E-state index in [0.717, 1.165) is 50.7 Å². The molecule has 0 radical (unpaired) electrons. The number of aromatic nitrogens is 1. The lowest BCUT2D eigenvalue weighted by atomic mass is 10.0. The van der Waals surface area contributed by atoms with Gasteiger partial charge >= 0.3 is 0 Å². The molecule has 4 nitrogen and oxygen atoms in total. The van der Waals surface area contributed by atoms with Crippen molar-refractivity contribution in [2.75, 3.05) is 44.3 Å². The van der Waals surface area contributed by atoms with Crippen LogP contribution in [0.2, 0.25) is 0 Å². The maximum atomic E-state index is 5.50. The number of benzene rings is 1. The van der Waals surface area contributed by atoms with Gasteiger partial charge in [0.1, 0.15) is 5.82 Å². The van der Waals surface area contributed by atoms with Crippen molar-refractivity contribution in [1.29, 1.82) is 0 Å². The van der Waals surface area contributed by atoms with Crippen molar-refractivity contribution in [3.05, 3.63) is 35.9 Å². The summed E-state index contributed by atoms with van der Waals surface area (Å²) in [5, 5.41) is 1.26. The van der Waals surface area contributed by atoms with Crippen LogP contribution in [0.1, 0.15) is 18.4 Å². The molecule has 1 atom stereocenters. The molecule has 4 heteroatoms. The van der Waals surface area contributed by atoms with Gasteiger partial charge in [-0.3, -0.25) is 4.90 Å². The maximum Gasteiger partial charge on any atom is 0.129 e. The third-order valence-corrected chi connectivity index (χ3v) is 5.19. The van der Waals surface area contributed by atoms with Gasteiger partial charge in [-0.15, -0.1) is 0 Å². The molecule has 0 saturated carbocycles. The zero-order valence-corrected chi connectivity index (χ0v) is 13.9. The number of hydrogen-bond donors (Lipinski definition) is 0. The van der Waals surface area contributed by atoms with Crippen molar-refractivity contribution >= 4 is 16.7 Å². The van der Waals surface area contributed by atoms with Crippen LogP contribution in [0.15, 0.2) is 30.3 Å². The van der Waals surface area contributed by atoms with E-state index < -0.39 is 0 Å². The third-order valence-electron chi connectivity index (χ3n) is 5.19. The number of piperidine rings is 1. The molecule has 0 amide bonds. The minimum Gasteiger partial charge on any atom is -0.379 e. The van der Waals surface area contributed by atoms with Gasteiger partial charge in [-0.1, -0.05) is 18.2 Å². The Morgan fingerprint density at radius 1 is 1.13 bits per heavy atom. The van der Waals surface area contributed by atoms with Crippen molar-refractivity contribution < 1.29 is 4.74 Å². The summed E-state index contributed by atoms with van der Waals surface area (Å²) in [5.41, 5.74) is 2.43. The molecule has 2 aliphatic rings. The van der Waals surface area contributed by atoms with E-state index in [9.17, 15) is 0 Å². The second kappa shape index (κ2) is 6.46. The van der Waals surface area contributed by atoms with Crippen molar-refractivity contribution in [3.63, 3.8) is 0 Å². The van der Waals surface area contributed by atoms with Gasteiger partial charge in [0.05, 0.1) is 18.7 Å². The first-order chi connectivity index (χ1) is 11.3.